The van der Waals surface area contributed by atoms with Crippen molar-refractivity contribution < 1.29 is 19.0 Å². The fourth-order valence-electron chi connectivity index (χ4n) is 1.68. The zero-order chi connectivity index (χ0) is 14.9. The molecule has 0 bridgehead atoms. The molecule has 5 heteroatoms. The van der Waals surface area contributed by atoms with Gasteiger partial charge in [-0.2, -0.15) is 0 Å². The molecular weight excluding hydrogens is 270 g/mol. The number of methoxy groups -OCH3 is 1. The molecule has 110 valence electrons. The molecule has 0 saturated heterocycles. The Balaban J connectivity index is 1.71. The van der Waals surface area contributed by atoms with Gasteiger partial charge in [0.1, 0.15) is 12.4 Å². The number of ether oxygens (including phenoxy) is 3. The molecule has 0 spiro atoms. The van der Waals surface area contributed by atoms with Crippen molar-refractivity contribution in [3.8, 4) is 17.2 Å². The first kappa shape index (κ1) is 14.7. The van der Waals surface area contributed by atoms with Crippen LogP contribution in [-0.2, 0) is 0 Å². The lowest BCUT2D eigenvalue weighted by Crippen LogP contribution is -2.30. The second-order valence-electron chi connectivity index (χ2n) is 4.13. The van der Waals surface area contributed by atoms with Crippen molar-refractivity contribution in [1.29, 1.82) is 0 Å². The highest BCUT2D eigenvalue weighted by Crippen LogP contribution is 2.25. The second kappa shape index (κ2) is 7.79. The molecule has 0 aliphatic carbocycles. The maximum atomic E-state index is 11.5. The van der Waals surface area contributed by atoms with Crippen LogP contribution in [0.15, 0.2) is 54.6 Å². The van der Waals surface area contributed by atoms with E-state index < -0.39 is 6.09 Å². The summed E-state index contributed by atoms with van der Waals surface area (Å²) >= 11 is 0. The fourth-order valence-corrected chi connectivity index (χ4v) is 1.68. The van der Waals surface area contributed by atoms with E-state index in [9.17, 15) is 4.79 Å². The van der Waals surface area contributed by atoms with Gasteiger partial charge in [0.2, 0.25) is 0 Å². The summed E-state index contributed by atoms with van der Waals surface area (Å²) in [6, 6.07) is 16.2. The number of carbonyl (C=O) groups is 1. The molecule has 2 aromatic carbocycles. The van der Waals surface area contributed by atoms with E-state index in [1.54, 1.807) is 37.4 Å². The van der Waals surface area contributed by atoms with Crippen LogP contribution in [-0.4, -0.2) is 26.4 Å². The van der Waals surface area contributed by atoms with Crippen molar-refractivity contribution in [2.75, 3.05) is 20.3 Å². The van der Waals surface area contributed by atoms with E-state index in [4.69, 9.17) is 14.2 Å². The number of nitrogens with one attached hydrogen (secondary N) is 1. The average molecular weight is 287 g/mol. The zero-order valence-electron chi connectivity index (χ0n) is 11.7. The molecule has 2 aromatic rings. The first-order valence-corrected chi connectivity index (χ1v) is 6.56. The van der Waals surface area contributed by atoms with Crippen LogP contribution in [0.1, 0.15) is 0 Å². The van der Waals surface area contributed by atoms with Crippen molar-refractivity contribution in [3.05, 3.63) is 54.6 Å². The molecule has 5 nitrogen and oxygen atoms in total. The van der Waals surface area contributed by atoms with E-state index in [2.05, 4.69) is 5.32 Å². The van der Waals surface area contributed by atoms with E-state index >= 15 is 0 Å². The van der Waals surface area contributed by atoms with E-state index in [0.29, 0.717) is 30.4 Å². The Kier molecular flexibility index (Phi) is 5.46. The van der Waals surface area contributed by atoms with Crippen LogP contribution in [0.2, 0.25) is 0 Å². The van der Waals surface area contributed by atoms with Gasteiger partial charge in [-0.25, -0.2) is 4.79 Å². The Hall–Kier alpha value is -2.69. The number of hydrogen-bond acceptors (Lipinski definition) is 4. The summed E-state index contributed by atoms with van der Waals surface area (Å²) in [7, 11) is 1.58. The monoisotopic (exact) mass is 287 g/mol. The van der Waals surface area contributed by atoms with E-state index in [1.165, 1.54) is 0 Å². The molecule has 21 heavy (non-hydrogen) atoms. The first-order valence-electron chi connectivity index (χ1n) is 6.56. The number of rotatable bonds is 6. The SMILES string of the molecule is COc1ccccc1OCCNC(=O)Oc1ccccc1. The lowest BCUT2D eigenvalue weighted by Gasteiger charge is -2.10. The largest absolute Gasteiger partial charge is 0.493 e. The molecule has 0 atom stereocenters. The molecule has 0 aliphatic heterocycles. The molecule has 1 amide bonds. The van der Waals surface area contributed by atoms with Gasteiger partial charge in [0.25, 0.3) is 0 Å². The Labute approximate surface area is 123 Å². The highest BCUT2D eigenvalue weighted by atomic mass is 16.6. The van der Waals surface area contributed by atoms with Crippen LogP contribution in [0.3, 0.4) is 0 Å². The van der Waals surface area contributed by atoms with Crippen molar-refractivity contribution in [1.82, 2.24) is 5.32 Å². The van der Waals surface area contributed by atoms with Gasteiger partial charge in [0.05, 0.1) is 13.7 Å². The summed E-state index contributed by atoms with van der Waals surface area (Å²) in [6.07, 6.45) is -0.509. The van der Waals surface area contributed by atoms with Gasteiger partial charge in [0.15, 0.2) is 11.5 Å². The van der Waals surface area contributed by atoms with Crippen molar-refractivity contribution in [3.63, 3.8) is 0 Å². The standard InChI is InChI=1S/C16H17NO4/c1-19-14-9-5-6-10-15(14)20-12-11-17-16(18)21-13-7-3-2-4-8-13/h2-10H,11-12H2,1H3,(H,17,18). The van der Waals surface area contributed by atoms with Crippen LogP contribution in [0.25, 0.3) is 0 Å². The number of benzene rings is 2. The molecule has 1 N–H and O–H groups in total. The van der Waals surface area contributed by atoms with Gasteiger partial charge in [-0.3, -0.25) is 0 Å². The van der Waals surface area contributed by atoms with Crippen LogP contribution in [0.4, 0.5) is 4.79 Å². The molecule has 0 saturated carbocycles. The summed E-state index contributed by atoms with van der Waals surface area (Å²) < 4.78 is 15.8. The predicted octanol–water partition coefficient (Wildman–Crippen LogP) is 2.86. The van der Waals surface area contributed by atoms with Crippen LogP contribution < -0.4 is 19.5 Å². The van der Waals surface area contributed by atoms with E-state index in [0.717, 1.165) is 0 Å². The van der Waals surface area contributed by atoms with Crippen LogP contribution >= 0.6 is 0 Å². The van der Waals surface area contributed by atoms with Crippen molar-refractivity contribution in [2.24, 2.45) is 0 Å². The molecule has 2 rings (SSSR count). The molecule has 0 heterocycles. The zero-order valence-corrected chi connectivity index (χ0v) is 11.7. The highest BCUT2D eigenvalue weighted by molar-refractivity contribution is 5.70. The molecule has 0 aromatic heterocycles. The van der Waals surface area contributed by atoms with Crippen LogP contribution in [0, 0.1) is 0 Å². The smallest absolute Gasteiger partial charge is 0.412 e. The van der Waals surface area contributed by atoms with Crippen LogP contribution in [0.5, 0.6) is 17.2 Å². The van der Waals surface area contributed by atoms with Gasteiger partial charge >= 0.3 is 6.09 Å². The Bertz CT molecular complexity index is 571. The van der Waals surface area contributed by atoms with E-state index in [-0.39, 0.29) is 0 Å². The fraction of sp³-hybridized carbons (Fsp3) is 0.188. The minimum absolute atomic E-state index is 0.324. The van der Waals surface area contributed by atoms with Gasteiger partial charge in [-0.05, 0) is 24.3 Å². The summed E-state index contributed by atoms with van der Waals surface area (Å²) in [5, 5.41) is 2.61. The second-order valence-corrected chi connectivity index (χ2v) is 4.13. The summed E-state index contributed by atoms with van der Waals surface area (Å²) in [6.45, 7) is 0.661. The number of para-hydroxylation sites is 3. The quantitative estimate of drug-likeness (QED) is 0.830. The highest BCUT2D eigenvalue weighted by Gasteiger charge is 2.05. The summed E-state index contributed by atoms with van der Waals surface area (Å²) in [5.41, 5.74) is 0. The minimum Gasteiger partial charge on any atom is -0.493 e. The van der Waals surface area contributed by atoms with E-state index in [1.807, 2.05) is 24.3 Å². The van der Waals surface area contributed by atoms with Gasteiger partial charge in [-0.1, -0.05) is 30.3 Å². The number of amides is 1. The predicted molar refractivity (Wildman–Crippen MR) is 79.0 cm³/mol. The molecule has 0 unspecified atom stereocenters. The topological polar surface area (TPSA) is 56.8 Å². The van der Waals surface area contributed by atoms with Gasteiger partial charge in [-0.15, -0.1) is 0 Å². The average Bonchev–Trinajstić information content (AvgIpc) is 2.53. The minimum atomic E-state index is -0.509. The van der Waals surface area contributed by atoms with Gasteiger partial charge < -0.3 is 19.5 Å². The maximum absolute atomic E-state index is 11.5. The third-order valence-electron chi connectivity index (χ3n) is 2.65. The Morgan fingerprint density at radius 2 is 1.67 bits per heavy atom. The number of hydrogen-bond donors (Lipinski definition) is 1. The normalized spacial score (nSPS) is 9.76. The third kappa shape index (κ3) is 4.72. The summed E-state index contributed by atoms with van der Waals surface area (Å²) in [5.74, 6) is 1.79. The van der Waals surface area contributed by atoms with Gasteiger partial charge in [0, 0.05) is 0 Å². The molecular formula is C16H17NO4. The third-order valence-corrected chi connectivity index (χ3v) is 2.65. The van der Waals surface area contributed by atoms with Crippen molar-refractivity contribution in [2.45, 2.75) is 0 Å². The summed E-state index contributed by atoms with van der Waals surface area (Å²) in [4.78, 5) is 11.5. The molecule has 0 aliphatic rings. The lowest BCUT2D eigenvalue weighted by molar-refractivity contribution is 0.196. The number of carbonyl (C=O) groups excluding carboxylic acids is 1. The molecule has 0 radical (unpaired) electrons. The Morgan fingerprint density at radius 1 is 1.00 bits per heavy atom. The maximum Gasteiger partial charge on any atom is 0.412 e. The van der Waals surface area contributed by atoms with Crippen molar-refractivity contribution >= 4 is 6.09 Å². The Morgan fingerprint density at radius 3 is 2.38 bits per heavy atom. The lowest BCUT2D eigenvalue weighted by atomic mass is 10.3. The first-order chi connectivity index (χ1) is 10.3. The molecule has 0 fully saturated rings.